The average Bonchev–Trinajstić information content (AvgIpc) is 2.23. The topological polar surface area (TPSA) is 61.3 Å². The first-order chi connectivity index (χ1) is 7.00. The van der Waals surface area contributed by atoms with E-state index in [1.165, 1.54) is 12.8 Å². The van der Waals surface area contributed by atoms with Crippen molar-refractivity contribution in [2.45, 2.75) is 58.7 Å². The standard InChI is InChI=1S/C12H28N2O/c1-5-7-10(6-2)11(8-13)15-12(3,4)9-14/h10-11H,5-9,13-14H2,1-4H3. The van der Waals surface area contributed by atoms with Crippen LogP contribution in [0.5, 0.6) is 0 Å². The van der Waals surface area contributed by atoms with E-state index in [-0.39, 0.29) is 11.7 Å². The highest BCUT2D eigenvalue weighted by molar-refractivity contribution is 4.77. The van der Waals surface area contributed by atoms with Gasteiger partial charge in [-0.2, -0.15) is 0 Å². The maximum atomic E-state index is 5.99. The zero-order chi connectivity index (χ0) is 11.9. The van der Waals surface area contributed by atoms with Gasteiger partial charge in [0.25, 0.3) is 0 Å². The molecule has 0 amide bonds. The number of hydrogen-bond acceptors (Lipinski definition) is 3. The molecule has 3 heteroatoms. The van der Waals surface area contributed by atoms with Gasteiger partial charge in [0.05, 0.1) is 11.7 Å². The number of rotatable bonds is 8. The Hall–Kier alpha value is -0.120. The molecule has 0 saturated carbocycles. The summed E-state index contributed by atoms with van der Waals surface area (Å²) >= 11 is 0. The van der Waals surface area contributed by atoms with Crippen molar-refractivity contribution in [1.29, 1.82) is 0 Å². The van der Waals surface area contributed by atoms with Crippen molar-refractivity contribution in [2.75, 3.05) is 13.1 Å². The third-order valence-electron chi connectivity index (χ3n) is 2.90. The van der Waals surface area contributed by atoms with Gasteiger partial charge < -0.3 is 16.2 Å². The van der Waals surface area contributed by atoms with E-state index < -0.39 is 0 Å². The predicted octanol–water partition coefficient (Wildman–Crippen LogP) is 1.89. The van der Waals surface area contributed by atoms with Crippen LogP contribution in [0.1, 0.15) is 47.0 Å². The third kappa shape index (κ3) is 5.50. The Bertz CT molecular complexity index is 160. The monoisotopic (exact) mass is 216 g/mol. The number of ether oxygens (including phenoxy) is 1. The van der Waals surface area contributed by atoms with Crippen LogP contribution in [0.25, 0.3) is 0 Å². The fourth-order valence-corrected chi connectivity index (χ4v) is 1.82. The van der Waals surface area contributed by atoms with Gasteiger partial charge in [0.15, 0.2) is 0 Å². The summed E-state index contributed by atoms with van der Waals surface area (Å²) in [6.45, 7) is 9.56. The van der Waals surface area contributed by atoms with Crippen LogP contribution < -0.4 is 11.5 Å². The highest BCUT2D eigenvalue weighted by atomic mass is 16.5. The molecule has 0 saturated heterocycles. The second-order valence-corrected chi connectivity index (χ2v) is 4.81. The van der Waals surface area contributed by atoms with Gasteiger partial charge in [-0.1, -0.05) is 26.7 Å². The Kier molecular flexibility index (Phi) is 7.14. The number of hydrogen-bond donors (Lipinski definition) is 2. The molecule has 0 heterocycles. The van der Waals surface area contributed by atoms with E-state index in [2.05, 4.69) is 13.8 Å². The van der Waals surface area contributed by atoms with Crippen molar-refractivity contribution in [3.05, 3.63) is 0 Å². The summed E-state index contributed by atoms with van der Waals surface area (Å²) in [5, 5.41) is 0. The zero-order valence-corrected chi connectivity index (χ0v) is 10.8. The smallest absolute Gasteiger partial charge is 0.0752 e. The van der Waals surface area contributed by atoms with Crippen molar-refractivity contribution in [3.63, 3.8) is 0 Å². The lowest BCUT2D eigenvalue weighted by atomic mass is 9.93. The molecule has 0 aliphatic rings. The Balaban J connectivity index is 4.32. The van der Waals surface area contributed by atoms with Crippen molar-refractivity contribution >= 4 is 0 Å². The van der Waals surface area contributed by atoms with Gasteiger partial charge in [-0.05, 0) is 26.2 Å². The van der Waals surface area contributed by atoms with E-state index in [1.54, 1.807) is 0 Å². The van der Waals surface area contributed by atoms with Crippen molar-refractivity contribution in [3.8, 4) is 0 Å². The maximum absolute atomic E-state index is 5.99. The average molecular weight is 216 g/mol. The van der Waals surface area contributed by atoms with Crippen LogP contribution in [-0.2, 0) is 4.74 Å². The fraction of sp³-hybridized carbons (Fsp3) is 1.00. The van der Waals surface area contributed by atoms with Crippen LogP contribution in [0, 0.1) is 5.92 Å². The van der Waals surface area contributed by atoms with E-state index in [4.69, 9.17) is 16.2 Å². The van der Waals surface area contributed by atoms with E-state index in [9.17, 15) is 0 Å². The number of nitrogens with two attached hydrogens (primary N) is 2. The normalized spacial score (nSPS) is 16.4. The first kappa shape index (κ1) is 14.9. The summed E-state index contributed by atoms with van der Waals surface area (Å²) in [7, 11) is 0. The molecule has 0 aromatic rings. The molecule has 0 bridgehead atoms. The zero-order valence-electron chi connectivity index (χ0n) is 10.8. The molecule has 0 aliphatic heterocycles. The minimum Gasteiger partial charge on any atom is -0.369 e. The molecule has 15 heavy (non-hydrogen) atoms. The second kappa shape index (κ2) is 7.20. The molecule has 0 spiro atoms. The minimum atomic E-state index is -0.259. The van der Waals surface area contributed by atoms with Gasteiger partial charge in [0.1, 0.15) is 0 Å². The molecular weight excluding hydrogens is 188 g/mol. The molecule has 0 fully saturated rings. The van der Waals surface area contributed by atoms with Crippen LogP contribution in [0.2, 0.25) is 0 Å². The van der Waals surface area contributed by atoms with Crippen molar-refractivity contribution < 1.29 is 4.74 Å². The molecule has 4 N–H and O–H groups in total. The second-order valence-electron chi connectivity index (χ2n) is 4.81. The highest BCUT2D eigenvalue weighted by Crippen LogP contribution is 2.22. The molecule has 0 aliphatic carbocycles. The summed E-state index contributed by atoms with van der Waals surface area (Å²) in [4.78, 5) is 0. The van der Waals surface area contributed by atoms with Crippen molar-refractivity contribution in [2.24, 2.45) is 17.4 Å². The summed E-state index contributed by atoms with van der Waals surface area (Å²) in [5.74, 6) is 0.561. The first-order valence-electron chi connectivity index (χ1n) is 6.08. The molecular formula is C12H28N2O. The van der Waals surface area contributed by atoms with E-state index in [0.29, 0.717) is 19.0 Å². The largest absolute Gasteiger partial charge is 0.369 e. The first-order valence-corrected chi connectivity index (χ1v) is 6.08. The Morgan fingerprint density at radius 2 is 1.80 bits per heavy atom. The van der Waals surface area contributed by atoms with Gasteiger partial charge >= 0.3 is 0 Å². The molecule has 0 radical (unpaired) electrons. The Morgan fingerprint density at radius 1 is 1.20 bits per heavy atom. The van der Waals surface area contributed by atoms with E-state index in [0.717, 1.165) is 6.42 Å². The maximum Gasteiger partial charge on any atom is 0.0752 e. The molecule has 92 valence electrons. The summed E-state index contributed by atoms with van der Waals surface area (Å²) < 4.78 is 5.99. The predicted molar refractivity (Wildman–Crippen MR) is 65.7 cm³/mol. The van der Waals surface area contributed by atoms with Gasteiger partial charge in [0, 0.05) is 13.1 Å². The summed E-state index contributed by atoms with van der Waals surface area (Å²) in [6, 6.07) is 0. The molecule has 0 aromatic carbocycles. The summed E-state index contributed by atoms with van der Waals surface area (Å²) in [5.41, 5.74) is 11.2. The Morgan fingerprint density at radius 3 is 2.13 bits per heavy atom. The lowest BCUT2D eigenvalue weighted by molar-refractivity contribution is -0.0873. The fourth-order valence-electron chi connectivity index (χ4n) is 1.82. The van der Waals surface area contributed by atoms with Crippen LogP contribution in [0.15, 0.2) is 0 Å². The lowest BCUT2D eigenvalue weighted by Gasteiger charge is -2.33. The van der Waals surface area contributed by atoms with Gasteiger partial charge in [0.2, 0.25) is 0 Å². The molecule has 0 rings (SSSR count). The lowest BCUT2D eigenvalue weighted by Crippen LogP contribution is -2.43. The molecule has 0 aromatic heterocycles. The minimum absolute atomic E-state index is 0.147. The quantitative estimate of drug-likeness (QED) is 0.651. The van der Waals surface area contributed by atoms with Crippen LogP contribution in [0.4, 0.5) is 0 Å². The van der Waals surface area contributed by atoms with Gasteiger partial charge in [-0.15, -0.1) is 0 Å². The molecule has 3 nitrogen and oxygen atoms in total. The summed E-state index contributed by atoms with van der Waals surface area (Å²) in [6.07, 6.45) is 3.63. The third-order valence-corrected chi connectivity index (χ3v) is 2.90. The van der Waals surface area contributed by atoms with Crippen molar-refractivity contribution in [1.82, 2.24) is 0 Å². The van der Waals surface area contributed by atoms with Gasteiger partial charge in [-0.25, -0.2) is 0 Å². The highest BCUT2D eigenvalue weighted by Gasteiger charge is 2.26. The van der Waals surface area contributed by atoms with Gasteiger partial charge in [-0.3, -0.25) is 0 Å². The van der Waals surface area contributed by atoms with E-state index in [1.807, 2.05) is 13.8 Å². The Labute approximate surface area is 94.5 Å². The SMILES string of the molecule is CCCC(CC)C(CN)OC(C)(C)CN. The van der Waals surface area contributed by atoms with Crippen LogP contribution in [-0.4, -0.2) is 24.8 Å². The van der Waals surface area contributed by atoms with Crippen LogP contribution >= 0.6 is 0 Å². The van der Waals surface area contributed by atoms with E-state index >= 15 is 0 Å². The van der Waals surface area contributed by atoms with Crippen LogP contribution in [0.3, 0.4) is 0 Å². The molecule has 2 atom stereocenters. The molecule has 2 unspecified atom stereocenters.